The van der Waals surface area contributed by atoms with Crippen molar-refractivity contribution in [3.05, 3.63) is 35.9 Å². The largest absolute Gasteiger partial charge is 0.354 e. The number of anilines is 1. The number of pyridine rings is 1. The molecule has 0 bridgehead atoms. The van der Waals surface area contributed by atoms with Crippen LogP contribution in [-0.4, -0.2) is 31.2 Å². The molecule has 0 saturated carbocycles. The predicted molar refractivity (Wildman–Crippen MR) is 76.8 cm³/mol. The van der Waals surface area contributed by atoms with Gasteiger partial charge < -0.3 is 16.4 Å². The second kappa shape index (κ2) is 5.80. The van der Waals surface area contributed by atoms with Crippen molar-refractivity contribution in [2.24, 2.45) is 11.5 Å². The molecule has 0 aliphatic heterocycles. The van der Waals surface area contributed by atoms with Crippen LogP contribution in [0.1, 0.15) is 5.56 Å². The molecule has 4 heteroatoms. The maximum Gasteiger partial charge on any atom is 0.132 e. The summed E-state index contributed by atoms with van der Waals surface area (Å²) in [6.45, 7) is 4.85. The van der Waals surface area contributed by atoms with Crippen LogP contribution in [0.5, 0.6) is 0 Å². The predicted octanol–water partition coefficient (Wildman–Crippen LogP) is 1.27. The minimum absolute atomic E-state index is 0.605. The van der Waals surface area contributed by atoms with Gasteiger partial charge in [-0.25, -0.2) is 4.98 Å². The first-order valence-corrected chi connectivity index (χ1v) is 6.27. The summed E-state index contributed by atoms with van der Waals surface area (Å²) in [5, 5.41) is 1.17. The highest BCUT2D eigenvalue weighted by molar-refractivity contribution is 5.81. The van der Waals surface area contributed by atoms with Gasteiger partial charge in [-0.05, 0) is 24.6 Å². The maximum absolute atomic E-state index is 5.65. The van der Waals surface area contributed by atoms with Gasteiger partial charge in [0.25, 0.3) is 0 Å². The lowest BCUT2D eigenvalue weighted by atomic mass is 10.1. The zero-order chi connectivity index (χ0) is 13.0. The molecule has 0 atom stereocenters. The minimum Gasteiger partial charge on any atom is -0.354 e. The Balaban J connectivity index is 2.44. The Morgan fingerprint density at radius 1 is 1.11 bits per heavy atom. The normalized spacial score (nSPS) is 10.8. The molecule has 96 valence electrons. The first kappa shape index (κ1) is 12.8. The Morgan fingerprint density at radius 2 is 1.78 bits per heavy atom. The molecule has 4 nitrogen and oxygen atoms in total. The van der Waals surface area contributed by atoms with E-state index >= 15 is 0 Å². The van der Waals surface area contributed by atoms with E-state index in [2.05, 4.69) is 24.0 Å². The van der Waals surface area contributed by atoms with E-state index in [1.54, 1.807) is 0 Å². The summed E-state index contributed by atoms with van der Waals surface area (Å²) in [4.78, 5) is 6.88. The first-order valence-electron chi connectivity index (χ1n) is 6.27. The van der Waals surface area contributed by atoms with Gasteiger partial charge in [0.05, 0.1) is 5.52 Å². The number of hydrogen-bond acceptors (Lipinski definition) is 4. The third-order valence-electron chi connectivity index (χ3n) is 2.99. The Kier molecular flexibility index (Phi) is 4.12. The van der Waals surface area contributed by atoms with Crippen molar-refractivity contribution in [3.8, 4) is 0 Å². The molecule has 0 radical (unpaired) electrons. The molecule has 0 spiro atoms. The number of aromatic nitrogens is 1. The number of aryl methyl sites for hydroxylation is 1. The molecule has 0 aliphatic rings. The second-order valence-electron chi connectivity index (χ2n) is 4.39. The van der Waals surface area contributed by atoms with Gasteiger partial charge in [0.2, 0.25) is 0 Å². The standard InChI is InChI=1S/C14H20N4/c1-11-10-12-4-2-3-5-13(12)17-14(11)18(8-6-15)9-7-16/h2-5,10H,6-9,15-16H2,1H3. The first-order chi connectivity index (χ1) is 8.76. The minimum atomic E-state index is 0.605. The number of fused-ring (bicyclic) bond motifs is 1. The highest BCUT2D eigenvalue weighted by atomic mass is 15.2. The fourth-order valence-electron chi connectivity index (χ4n) is 2.17. The van der Waals surface area contributed by atoms with Crippen LogP contribution in [0.25, 0.3) is 10.9 Å². The van der Waals surface area contributed by atoms with Crippen molar-refractivity contribution in [1.82, 2.24) is 4.98 Å². The summed E-state index contributed by atoms with van der Waals surface area (Å²) in [6, 6.07) is 10.3. The second-order valence-corrected chi connectivity index (χ2v) is 4.39. The lowest BCUT2D eigenvalue weighted by molar-refractivity contribution is 0.769. The number of nitrogens with zero attached hydrogens (tertiary/aromatic N) is 2. The molecule has 2 aromatic rings. The van der Waals surface area contributed by atoms with Crippen molar-refractivity contribution in [3.63, 3.8) is 0 Å². The third-order valence-corrected chi connectivity index (χ3v) is 2.99. The van der Waals surface area contributed by atoms with Gasteiger partial charge >= 0.3 is 0 Å². The molecule has 1 aromatic heterocycles. The number of benzene rings is 1. The average molecular weight is 244 g/mol. The van der Waals surface area contributed by atoms with Gasteiger partial charge in [-0.1, -0.05) is 18.2 Å². The van der Waals surface area contributed by atoms with E-state index < -0.39 is 0 Å². The third kappa shape index (κ3) is 2.60. The summed E-state index contributed by atoms with van der Waals surface area (Å²) in [6.07, 6.45) is 0. The van der Waals surface area contributed by atoms with E-state index in [0.717, 1.165) is 30.0 Å². The molecular formula is C14H20N4. The van der Waals surface area contributed by atoms with Crippen LogP contribution in [0.15, 0.2) is 30.3 Å². The number of nitrogens with two attached hydrogens (primary N) is 2. The van der Waals surface area contributed by atoms with Crippen molar-refractivity contribution >= 4 is 16.7 Å². The van der Waals surface area contributed by atoms with Gasteiger partial charge in [-0.2, -0.15) is 0 Å². The Bertz CT molecular complexity index is 518. The summed E-state index contributed by atoms with van der Waals surface area (Å²) >= 11 is 0. The molecule has 0 fully saturated rings. The van der Waals surface area contributed by atoms with Crippen molar-refractivity contribution in [1.29, 1.82) is 0 Å². The Labute approximate surface area is 108 Å². The zero-order valence-corrected chi connectivity index (χ0v) is 10.8. The maximum atomic E-state index is 5.65. The van der Waals surface area contributed by atoms with Crippen LogP contribution >= 0.6 is 0 Å². The zero-order valence-electron chi connectivity index (χ0n) is 10.8. The Hall–Kier alpha value is -1.65. The summed E-state index contributed by atoms with van der Waals surface area (Å²) in [7, 11) is 0. The fraction of sp³-hybridized carbons (Fsp3) is 0.357. The lowest BCUT2D eigenvalue weighted by Crippen LogP contribution is -2.35. The molecule has 18 heavy (non-hydrogen) atoms. The molecule has 1 aromatic carbocycles. The topological polar surface area (TPSA) is 68.2 Å². The van der Waals surface area contributed by atoms with Crippen molar-refractivity contribution < 1.29 is 0 Å². The van der Waals surface area contributed by atoms with Crippen LogP contribution < -0.4 is 16.4 Å². The smallest absolute Gasteiger partial charge is 0.132 e. The molecule has 0 amide bonds. The van der Waals surface area contributed by atoms with E-state index in [9.17, 15) is 0 Å². The van der Waals surface area contributed by atoms with Gasteiger partial charge in [0, 0.05) is 31.6 Å². The molecular weight excluding hydrogens is 224 g/mol. The highest BCUT2D eigenvalue weighted by Crippen LogP contribution is 2.22. The fourth-order valence-corrected chi connectivity index (χ4v) is 2.17. The monoisotopic (exact) mass is 244 g/mol. The van der Waals surface area contributed by atoms with E-state index in [-0.39, 0.29) is 0 Å². The summed E-state index contributed by atoms with van der Waals surface area (Å²) in [5.41, 5.74) is 13.5. The molecule has 0 aliphatic carbocycles. The summed E-state index contributed by atoms with van der Waals surface area (Å²) < 4.78 is 0. The van der Waals surface area contributed by atoms with Gasteiger partial charge in [-0.3, -0.25) is 0 Å². The Morgan fingerprint density at radius 3 is 2.44 bits per heavy atom. The van der Waals surface area contributed by atoms with Crippen molar-refractivity contribution in [2.75, 3.05) is 31.1 Å². The molecule has 0 unspecified atom stereocenters. The molecule has 2 rings (SSSR count). The van der Waals surface area contributed by atoms with Crippen LogP contribution in [0.3, 0.4) is 0 Å². The quantitative estimate of drug-likeness (QED) is 0.831. The van der Waals surface area contributed by atoms with E-state index in [1.165, 1.54) is 5.39 Å². The number of para-hydroxylation sites is 1. The van der Waals surface area contributed by atoms with E-state index in [4.69, 9.17) is 16.5 Å². The van der Waals surface area contributed by atoms with Gasteiger partial charge in [0.1, 0.15) is 5.82 Å². The van der Waals surface area contributed by atoms with Crippen LogP contribution in [0, 0.1) is 6.92 Å². The van der Waals surface area contributed by atoms with Crippen LogP contribution in [-0.2, 0) is 0 Å². The number of hydrogen-bond donors (Lipinski definition) is 2. The van der Waals surface area contributed by atoms with Gasteiger partial charge in [-0.15, -0.1) is 0 Å². The SMILES string of the molecule is Cc1cc2ccccc2nc1N(CCN)CCN. The lowest BCUT2D eigenvalue weighted by Gasteiger charge is -2.24. The van der Waals surface area contributed by atoms with Crippen molar-refractivity contribution in [2.45, 2.75) is 6.92 Å². The van der Waals surface area contributed by atoms with Crippen LogP contribution in [0.4, 0.5) is 5.82 Å². The van der Waals surface area contributed by atoms with E-state index in [1.807, 2.05) is 18.2 Å². The molecule has 0 saturated heterocycles. The molecule has 4 N–H and O–H groups in total. The van der Waals surface area contributed by atoms with Gasteiger partial charge in [0.15, 0.2) is 0 Å². The van der Waals surface area contributed by atoms with E-state index in [0.29, 0.717) is 13.1 Å². The number of rotatable bonds is 5. The summed E-state index contributed by atoms with van der Waals surface area (Å²) in [5.74, 6) is 0.990. The average Bonchev–Trinajstić information content (AvgIpc) is 2.38. The highest BCUT2D eigenvalue weighted by Gasteiger charge is 2.10. The van der Waals surface area contributed by atoms with Crippen LogP contribution in [0.2, 0.25) is 0 Å². The molecule has 1 heterocycles.